The maximum atomic E-state index is 12.7. The third kappa shape index (κ3) is 4.24. The molecule has 2 fully saturated rings. The highest BCUT2D eigenvalue weighted by Crippen LogP contribution is 2.22. The Hall–Kier alpha value is -1.92. The van der Waals surface area contributed by atoms with Gasteiger partial charge in [-0.25, -0.2) is 0 Å². The van der Waals surface area contributed by atoms with Crippen molar-refractivity contribution in [3.63, 3.8) is 0 Å². The number of morpholine rings is 1. The maximum absolute atomic E-state index is 12.7. The number of amides is 2. The summed E-state index contributed by atoms with van der Waals surface area (Å²) in [5.74, 6) is -0.301. The van der Waals surface area contributed by atoms with E-state index in [0.717, 1.165) is 6.42 Å². The van der Waals surface area contributed by atoms with Gasteiger partial charge in [0.1, 0.15) is 6.04 Å². The van der Waals surface area contributed by atoms with E-state index in [9.17, 15) is 14.4 Å². The monoisotopic (exact) mass is 378 g/mol. The van der Waals surface area contributed by atoms with Gasteiger partial charge in [0.2, 0.25) is 11.8 Å². The van der Waals surface area contributed by atoms with Crippen molar-refractivity contribution >= 4 is 29.2 Å². The number of carbonyl (C=O) groups excluding carboxylic acids is 3. The Kier molecular flexibility index (Phi) is 6.27. The SMILES string of the molecule is O=C(CCC(=O)N1CCCC1C(=O)N1CCOCC1)c1ccccc1Cl. The fourth-order valence-corrected chi connectivity index (χ4v) is 3.74. The van der Waals surface area contributed by atoms with Gasteiger partial charge >= 0.3 is 0 Å². The summed E-state index contributed by atoms with van der Waals surface area (Å²) in [6.07, 6.45) is 1.68. The number of ketones is 1. The summed E-state index contributed by atoms with van der Waals surface area (Å²) < 4.78 is 5.28. The van der Waals surface area contributed by atoms with Crippen LogP contribution in [0.1, 0.15) is 36.0 Å². The molecule has 7 heteroatoms. The van der Waals surface area contributed by atoms with Crippen molar-refractivity contribution in [2.75, 3.05) is 32.8 Å². The number of Topliss-reactive ketones (excluding diaryl/α,β-unsaturated/α-hetero) is 1. The number of nitrogens with zero attached hydrogens (tertiary/aromatic N) is 2. The highest BCUT2D eigenvalue weighted by atomic mass is 35.5. The second-order valence-corrected chi connectivity index (χ2v) is 6.99. The molecule has 2 saturated heterocycles. The maximum Gasteiger partial charge on any atom is 0.245 e. The first kappa shape index (κ1) is 18.9. The normalized spacial score (nSPS) is 20.3. The lowest BCUT2D eigenvalue weighted by Crippen LogP contribution is -2.51. The van der Waals surface area contributed by atoms with Crippen LogP contribution >= 0.6 is 11.6 Å². The number of benzene rings is 1. The second kappa shape index (κ2) is 8.64. The molecule has 1 unspecified atom stereocenters. The predicted octanol–water partition coefficient (Wildman–Crippen LogP) is 2.15. The van der Waals surface area contributed by atoms with E-state index in [1.54, 1.807) is 34.1 Å². The molecular weight excluding hydrogens is 356 g/mol. The molecule has 2 heterocycles. The molecule has 140 valence electrons. The molecule has 0 saturated carbocycles. The van der Waals surface area contributed by atoms with Crippen LogP contribution in [0.25, 0.3) is 0 Å². The van der Waals surface area contributed by atoms with Crippen LogP contribution < -0.4 is 0 Å². The van der Waals surface area contributed by atoms with Crippen LogP contribution in [0.4, 0.5) is 0 Å². The van der Waals surface area contributed by atoms with E-state index in [2.05, 4.69) is 0 Å². The zero-order chi connectivity index (χ0) is 18.5. The molecule has 2 aliphatic heterocycles. The Bertz CT molecular complexity index is 688. The van der Waals surface area contributed by atoms with Gasteiger partial charge in [-0.15, -0.1) is 0 Å². The van der Waals surface area contributed by atoms with E-state index in [1.165, 1.54) is 0 Å². The van der Waals surface area contributed by atoms with Gasteiger partial charge in [0.15, 0.2) is 5.78 Å². The summed E-state index contributed by atoms with van der Waals surface area (Å²) in [6, 6.07) is 6.43. The first-order valence-electron chi connectivity index (χ1n) is 9.01. The molecule has 0 bridgehead atoms. The number of rotatable bonds is 5. The molecule has 26 heavy (non-hydrogen) atoms. The van der Waals surface area contributed by atoms with E-state index in [-0.39, 0.29) is 30.4 Å². The Morgan fingerprint density at radius 1 is 1.08 bits per heavy atom. The Morgan fingerprint density at radius 3 is 2.54 bits per heavy atom. The van der Waals surface area contributed by atoms with Crippen LogP contribution in [0.3, 0.4) is 0 Å². The van der Waals surface area contributed by atoms with E-state index in [1.807, 2.05) is 0 Å². The number of carbonyl (C=O) groups is 3. The third-order valence-electron chi connectivity index (χ3n) is 4.92. The lowest BCUT2D eigenvalue weighted by molar-refractivity contribution is -0.146. The number of halogens is 1. The summed E-state index contributed by atoms with van der Waals surface area (Å²) in [5, 5.41) is 0.395. The van der Waals surface area contributed by atoms with Crippen molar-refractivity contribution in [2.24, 2.45) is 0 Å². The fourth-order valence-electron chi connectivity index (χ4n) is 3.50. The van der Waals surface area contributed by atoms with Crippen LogP contribution in [0.2, 0.25) is 5.02 Å². The van der Waals surface area contributed by atoms with Crippen molar-refractivity contribution in [1.82, 2.24) is 9.80 Å². The minimum atomic E-state index is -0.406. The summed E-state index contributed by atoms with van der Waals surface area (Å²) >= 11 is 6.04. The molecule has 1 aromatic carbocycles. The van der Waals surface area contributed by atoms with Gasteiger partial charge in [-0.2, -0.15) is 0 Å². The number of ether oxygens (including phenoxy) is 1. The highest BCUT2D eigenvalue weighted by Gasteiger charge is 2.36. The first-order valence-corrected chi connectivity index (χ1v) is 9.39. The van der Waals surface area contributed by atoms with Gasteiger partial charge in [0.25, 0.3) is 0 Å². The molecule has 1 atom stereocenters. The zero-order valence-electron chi connectivity index (χ0n) is 14.7. The van der Waals surface area contributed by atoms with Crippen LogP contribution in [-0.2, 0) is 14.3 Å². The van der Waals surface area contributed by atoms with E-state index < -0.39 is 6.04 Å². The summed E-state index contributed by atoms with van der Waals surface area (Å²) in [5.41, 5.74) is 0.435. The molecule has 3 rings (SSSR count). The minimum absolute atomic E-state index is 0.00317. The summed E-state index contributed by atoms with van der Waals surface area (Å²) in [6.45, 7) is 2.79. The first-order chi connectivity index (χ1) is 12.6. The largest absolute Gasteiger partial charge is 0.378 e. The topological polar surface area (TPSA) is 66.9 Å². The molecule has 0 spiro atoms. The third-order valence-corrected chi connectivity index (χ3v) is 5.25. The van der Waals surface area contributed by atoms with Gasteiger partial charge < -0.3 is 14.5 Å². The Labute approximate surface area is 158 Å². The lowest BCUT2D eigenvalue weighted by atomic mass is 10.1. The summed E-state index contributed by atoms with van der Waals surface area (Å²) in [7, 11) is 0. The van der Waals surface area contributed by atoms with Crippen LogP contribution in [-0.4, -0.2) is 66.3 Å². The quantitative estimate of drug-likeness (QED) is 0.736. The molecule has 6 nitrogen and oxygen atoms in total. The van der Waals surface area contributed by atoms with Crippen molar-refractivity contribution < 1.29 is 19.1 Å². The van der Waals surface area contributed by atoms with Crippen molar-refractivity contribution in [2.45, 2.75) is 31.7 Å². The van der Waals surface area contributed by atoms with Crippen molar-refractivity contribution in [1.29, 1.82) is 0 Å². The fraction of sp³-hybridized carbons (Fsp3) is 0.526. The molecular formula is C19H23ClN2O4. The molecule has 2 amide bonds. The molecule has 0 aromatic heterocycles. The average Bonchev–Trinajstić information content (AvgIpc) is 3.16. The average molecular weight is 379 g/mol. The number of hydrogen-bond acceptors (Lipinski definition) is 4. The van der Waals surface area contributed by atoms with Crippen LogP contribution in [0.5, 0.6) is 0 Å². The molecule has 1 aromatic rings. The molecule has 0 radical (unpaired) electrons. The van der Waals surface area contributed by atoms with E-state index in [0.29, 0.717) is 49.9 Å². The number of likely N-dealkylation sites (tertiary alicyclic amines) is 1. The summed E-state index contributed by atoms with van der Waals surface area (Å²) in [4.78, 5) is 41.0. The molecule has 0 N–H and O–H groups in total. The molecule has 2 aliphatic rings. The van der Waals surface area contributed by atoms with Gasteiger partial charge in [-0.3, -0.25) is 14.4 Å². The van der Waals surface area contributed by atoms with Crippen molar-refractivity contribution in [3.05, 3.63) is 34.9 Å². The van der Waals surface area contributed by atoms with E-state index in [4.69, 9.17) is 16.3 Å². The Morgan fingerprint density at radius 2 is 1.81 bits per heavy atom. The number of hydrogen-bond donors (Lipinski definition) is 0. The lowest BCUT2D eigenvalue weighted by Gasteiger charge is -2.32. The van der Waals surface area contributed by atoms with Gasteiger partial charge in [-0.1, -0.05) is 23.7 Å². The van der Waals surface area contributed by atoms with Gasteiger partial charge in [0.05, 0.1) is 18.2 Å². The van der Waals surface area contributed by atoms with Gasteiger partial charge in [-0.05, 0) is 25.0 Å². The van der Waals surface area contributed by atoms with Crippen LogP contribution in [0, 0.1) is 0 Å². The van der Waals surface area contributed by atoms with Crippen LogP contribution in [0.15, 0.2) is 24.3 Å². The van der Waals surface area contributed by atoms with Crippen molar-refractivity contribution in [3.8, 4) is 0 Å². The minimum Gasteiger partial charge on any atom is -0.378 e. The zero-order valence-corrected chi connectivity index (χ0v) is 15.4. The predicted molar refractivity (Wildman–Crippen MR) is 97.2 cm³/mol. The standard InChI is InChI=1S/C19H23ClN2O4/c20-15-5-2-1-4-14(15)17(23)7-8-18(24)22-9-3-6-16(22)19(25)21-10-12-26-13-11-21/h1-2,4-5,16H,3,6-13H2. The van der Waals surface area contributed by atoms with Gasteiger partial charge in [0, 0.05) is 38.0 Å². The highest BCUT2D eigenvalue weighted by molar-refractivity contribution is 6.34. The second-order valence-electron chi connectivity index (χ2n) is 6.59. The smallest absolute Gasteiger partial charge is 0.245 e. The Balaban J connectivity index is 1.57. The van der Waals surface area contributed by atoms with E-state index >= 15 is 0 Å². The molecule has 0 aliphatic carbocycles.